The maximum Gasteiger partial charge on any atom is 0.281 e. The molecule has 0 saturated heterocycles. The van der Waals surface area contributed by atoms with E-state index in [4.69, 9.17) is 4.52 Å². The van der Waals surface area contributed by atoms with E-state index in [-0.39, 0.29) is 5.91 Å². The SMILES string of the molecule is CCC(=O)Nc1cc[n+](C)o1. The van der Waals surface area contributed by atoms with E-state index in [0.717, 1.165) is 0 Å². The van der Waals surface area contributed by atoms with Crippen molar-refractivity contribution in [1.82, 2.24) is 0 Å². The number of nitrogens with one attached hydrogen (secondary N) is 1. The summed E-state index contributed by atoms with van der Waals surface area (Å²) in [5.74, 6) is 0.444. The number of hydrogen-bond acceptors (Lipinski definition) is 2. The number of amides is 1. The van der Waals surface area contributed by atoms with Crippen LogP contribution < -0.4 is 10.1 Å². The van der Waals surface area contributed by atoms with Crippen molar-refractivity contribution in [3.63, 3.8) is 0 Å². The van der Waals surface area contributed by atoms with E-state index in [1.165, 1.54) is 4.74 Å². The molecular weight excluding hydrogens is 144 g/mol. The molecule has 1 aromatic rings. The average Bonchev–Trinajstić information content (AvgIpc) is 2.35. The first-order valence-electron chi connectivity index (χ1n) is 3.48. The topological polar surface area (TPSA) is 46.1 Å². The van der Waals surface area contributed by atoms with E-state index in [0.29, 0.717) is 12.3 Å². The third-order valence-electron chi connectivity index (χ3n) is 1.26. The van der Waals surface area contributed by atoms with Gasteiger partial charge in [-0.1, -0.05) is 6.92 Å². The number of carbonyl (C=O) groups excluding carboxylic acids is 1. The molecule has 4 nitrogen and oxygen atoms in total. The Morgan fingerprint density at radius 2 is 2.55 bits per heavy atom. The lowest BCUT2D eigenvalue weighted by molar-refractivity contribution is -0.843. The van der Waals surface area contributed by atoms with Gasteiger partial charge >= 0.3 is 0 Å². The Morgan fingerprint density at radius 3 is 3.00 bits per heavy atom. The van der Waals surface area contributed by atoms with Gasteiger partial charge in [-0.15, -0.1) is 0 Å². The van der Waals surface area contributed by atoms with Gasteiger partial charge in [0.1, 0.15) is 0 Å². The van der Waals surface area contributed by atoms with Gasteiger partial charge in [-0.3, -0.25) is 10.1 Å². The minimum absolute atomic E-state index is 0.0417. The molecule has 0 aliphatic carbocycles. The summed E-state index contributed by atoms with van der Waals surface area (Å²) in [6, 6.07) is 1.70. The summed E-state index contributed by atoms with van der Waals surface area (Å²) in [6.07, 6.45) is 2.19. The second-order valence-electron chi connectivity index (χ2n) is 2.22. The third-order valence-corrected chi connectivity index (χ3v) is 1.26. The molecule has 1 rings (SSSR count). The van der Waals surface area contributed by atoms with Crippen LogP contribution in [-0.4, -0.2) is 5.91 Å². The molecule has 0 bridgehead atoms. The summed E-state index contributed by atoms with van der Waals surface area (Å²) in [4.78, 5) is 10.8. The summed E-state index contributed by atoms with van der Waals surface area (Å²) >= 11 is 0. The van der Waals surface area contributed by atoms with Gasteiger partial charge in [0.25, 0.3) is 5.88 Å². The number of aromatic nitrogens is 1. The average molecular weight is 155 g/mol. The lowest BCUT2D eigenvalue weighted by Gasteiger charge is -1.92. The fourth-order valence-electron chi connectivity index (χ4n) is 0.679. The number of carbonyl (C=O) groups is 1. The van der Waals surface area contributed by atoms with Crippen LogP contribution in [0.2, 0.25) is 0 Å². The molecular formula is C7H11N2O2+. The fourth-order valence-corrected chi connectivity index (χ4v) is 0.679. The van der Waals surface area contributed by atoms with Crippen molar-refractivity contribution in [2.24, 2.45) is 7.05 Å². The Kier molecular flexibility index (Phi) is 2.25. The highest BCUT2D eigenvalue weighted by Crippen LogP contribution is 2.01. The van der Waals surface area contributed by atoms with Crippen LogP contribution in [0.1, 0.15) is 13.3 Å². The van der Waals surface area contributed by atoms with Gasteiger partial charge < -0.3 is 0 Å². The van der Waals surface area contributed by atoms with Crippen LogP contribution >= 0.6 is 0 Å². The Bertz CT molecular complexity index is 255. The number of rotatable bonds is 2. The molecule has 0 atom stereocenters. The van der Waals surface area contributed by atoms with E-state index in [1.807, 2.05) is 0 Å². The summed E-state index contributed by atoms with van der Waals surface area (Å²) in [6.45, 7) is 1.79. The van der Waals surface area contributed by atoms with Crippen molar-refractivity contribution in [2.75, 3.05) is 5.32 Å². The first kappa shape index (κ1) is 7.78. The smallest absolute Gasteiger partial charge is 0.281 e. The van der Waals surface area contributed by atoms with E-state index < -0.39 is 0 Å². The van der Waals surface area contributed by atoms with Crippen LogP contribution in [0.25, 0.3) is 0 Å². The first-order chi connectivity index (χ1) is 5.22. The fraction of sp³-hybridized carbons (Fsp3) is 0.429. The minimum Gasteiger partial charge on any atom is -0.291 e. The summed E-state index contributed by atoms with van der Waals surface area (Å²) < 4.78 is 6.56. The maximum absolute atomic E-state index is 10.8. The predicted molar refractivity (Wildman–Crippen MR) is 38.8 cm³/mol. The molecule has 1 N–H and O–H groups in total. The highest BCUT2D eigenvalue weighted by atomic mass is 16.5. The van der Waals surface area contributed by atoms with E-state index >= 15 is 0 Å². The van der Waals surface area contributed by atoms with Crippen LogP contribution in [0.15, 0.2) is 16.8 Å². The lowest BCUT2D eigenvalue weighted by atomic mass is 10.4. The van der Waals surface area contributed by atoms with Gasteiger partial charge in [0.2, 0.25) is 12.1 Å². The monoisotopic (exact) mass is 155 g/mol. The van der Waals surface area contributed by atoms with Gasteiger partial charge in [0.05, 0.1) is 6.07 Å². The van der Waals surface area contributed by atoms with E-state index in [9.17, 15) is 4.79 Å². The van der Waals surface area contributed by atoms with Crippen LogP contribution in [0.4, 0.5) is 5.88 Å². The Balaban J connectivity index is 2.57. The van der Waals surface area contributed by atoms with Crippen LogP contribution in [0, 0.1) is 0 Å². The number of nitrogens with zero attached hydrogens (tertiary/aromatic N) is 1. The second-order valence-corrected chi connectivity index (χ2v) is 2.22. The summed E-state index contributed by atoms with van der Waals surface area (Å²) in [5.41, 5.74) is 0. The van der Waals surface area contributed by atoms with Crippen molar-refractivity contribution in [2.45, 2.75) is 13.3 Å². The van der Waals surface area contributed by atoms with Gasteiger partial charge in [-0.05, 0) is 4.74 Å². The molecule has 4 heteroatoms. The molecule has 0 aromatic carbocycles. The summed E-state index contributed by atoms with van der Waals surface area (Å²) in [7, 11) is 1.75. The van der Waals surface area contributed by atoms with Gasteiger partial charge in [-0.2, -0.15) is 0 Å². The highest BCUT2D eigenvalue weighted by molar-refractivity contribution is 5.88. The van der Waals surface area contributed by atoms with Gasteiger partial charge in [-0.25, -0.2) is 4.52 Å². The van der Waals surface area contributed by atoms with Gasteiger partial charge in [0, 0.05) is 6.42 Å². The molecule has 1 heterocycles. The number of anilines is 1. The van der Waals surface area contributed by atoms with Crippen LogP contribution in [-0.2, 0) is 11.8 Å². The zero-order chi connectivity index (χ0) is 8.27. The summed E-state index contributed by atoms with van der Waals surface area (Å²) in [5, 5.41) is 2.59. The molecule has 0 saturated carbocycles. The van der Waals surface area contributed by atoms with Crippen molar-refractivity contribution in [1.29, 1.82) is 0 Å². The first-order valence-corrected chi connectivity index (χ1v) is 3.48. The van der Waals surface area contributed by atoms with Gasteiger partial charge in [0.15, 0.2) is 7.05 Å². The highest BCUT2D eigenvalue weighted by Gasteiger charge is 2.05. The molecule has 1 amide bonds. The standard InChI is InChI=1S/C7H10N2O2/c1-3-6(10)8-7-4-5-9(2)11-7/h4-5H,3H2,1-2H3/p+1. The van der Waals surface area contributed by atoms with E-state index in [1.54, 1.807) is 26.2 Å². The molecule has 1 aromatic heterocycles. The van der Waals surface area contributed by atoms with E-state index in [2.05, 4.69) is 5.32 Å². The van der Waals surface area contributed by atoms with Crippen molar-refractivity contribution < 1.29 is 14.1 Å². The number of aryl methyl sites for hydroxylation is 1. The molecule has 60 valence electrons. The Morgan fingerprint density at radius 1 is 1.82 bits per heavy atom. The molecule has 0 unspecified atom stereocenters. The predicted octanol–water partition coefficient (Wildman–Crippen LogP) is 0.453. The minimum atomic E-state index is -0.0417. The molecule has 0 aliphatic rings. The molecule has 0 radical (unpaired) electrons. The Hall–Kier alpha value is -1.32. The third kappa shape index (κ3) is 2.07. The van der Waals surface area contributed by atoms with Crippen molar-refractivity contribution in [3.05, 3.63) is 12.3 Å². The largest absolute Gasteiger partial charge is 0.291 e. The zero-order valence-electron chi connectivity index (χ0n) is 6.63. The Labute approximate surface area is 64.8 Å². The van der Waals surface area contributed by atoms with Crippen LogP contribution in [0.5, 0.6) is 0 Å². The van der Waals surface area contributed by atoms with Crippen molar-refractivity contribution >= 4 is 11.8 Å². The molecule has 0 aliphatic heterocycles. The zero-order valence-corrected chi connectivity index (χ0v) is 6.63. The van der Waals surface area contributed by atoms with Crippen LogP contribution in [0.3, 0.4) is 0 Å². The maximum atomic E-state index is 10.8. The van der Waals surface area contributed by atoms with Crippen molar-refractivity contribution in [3.8, 4) is 0 Å². The molecule has 0 fully saturated rings. The normalized spacial score (nSPS) is 9.64. The molecule has 11 heavy (non-hydrogen) atoms. The molecule has 0 spiro atoms. The lowest BCUT2D eigenvalue weighted by Crippen LogP contribution is -2.23. The quantitative estimate of drug-likeness (QED) is 0.630. The number of hydrogen-bond donors (Lipinski definition) is 1. The second kappa shape index (κ2) is 3.18.